The van der Waals surface area contributed by atoms with Crippen molar-refractivity contribution in [1.29, 1.82) is 0 Å². The van der Waals surface area contributed by atoms with Crippen molar-refractivity contribution in [2.24, 2.45) is 0 Å². The van der Waals surface area contributed by atoms with Crippen molar-refractivity contribution < 1.29 is 17.9 Å². The summed E-state index contributed by atoms with van der Waals surface area (Å²) in [7, 11) is 0. The van der Waals surface area contributed by atoms with Gasteiger partial charge in [0.1, 0.15) is 10.3 Å². The zero-order chi connectivity index (χ0) is 17.0. The minimum atomic E-state index is -4.70. The zero-order valence-corrected chi connectivity index (χ0v) is 13.4. The maximum atomic E-state index is 13.6. The molecule has 1 unspecified atom stereocenters. The first-order valence-corrected chi connectivity index (χ1v) is 7.43. The lowest BCUT2D eigenvalue weighted by Gasteiger charge is -2.32. The largest absolute Gasteiger partial charge is 0.414 e. The molecule has 124 valence electrons. The number of hydrogen-bond donors (Lipinski definition) is 1. The van der Waals surface area contributed by atoms with Crippen molar-refractivity contribution >= 4 is 26.8 Å². The Hall–Kier alpha value is -1.68. The van der Waals surface area contributed by atoms with Crippen LogP contribution in [0.1, 0.15) is 12.2 Å². The molecule has 10 heteroatoms. The lowest BCUT2D eigenvalue weighted by Crippen LogP contribution is -2.52. The van der Waals surface area contributed by atoms with Crippen LogP contribution in [0, 0.1) is 6.92 Å². The summed E-state index contributed by atoms with van der Waals surface area (Å²) in [5, 5.41) is -0.0994. The van der Waals surface area contributed by atoms with E-state index in [9.17, 15) is 22.8 Å². The molecule has 23 heavy (non-hydrogen) atoms. The molecule has 2 aromatic rings. The SMILES string of the molecule is Cc1nc2c(Br)c(=O)n(C3(C(F)(F)F)CCOC3)cc2c(=O)[nH]1. The number of H-pyrrole nitrogens is 1. The molecule has 1 N–H and O–H groups in total. The number of rotatable bonds is 1. The average molecular weight is 394 g/mol. The number of ether oxygens (including phenoxy) is 1. The molecule has 1 fully saturated rings. The third kappa shape index (κ3) is 2.31. The second-order valence-electron chi connectivity index (χ2n) is 5.36. The van der Waals surface area contributed by atoms with Crippen molar-refractivity contribution in [2.45, 2.75) is 25.1 Å². The topological polar surface area (TPSA) is 77.0 Å². The van der Waals surface area contributed by atoms with Crippen LogP contribution in [-0.2, 0) is 10.3 Å². The van der Waals surface area contributed by atoms with Gasteiger partial charge in [-0.15, -0.1) is 0 Å². The first-order chi connectivity index (χ1) is 10.7. The van der Waals surface area contributed by atoms with Gasteiger partial charge in [-0.3, -0.25) is 14.2 Å². The second kappa shape index (κ2) is 5.17. The number of pyridine rings is 1. The van der Waals surface area contributed by atoms with Crippen LogP contribution in [-0.4, -0.2) is 33.9 Å². The van der Waals surface area contributed by atoms with Crippen LogP contribution < -0.4 is 11.1 Å². The van der Waals surface area contributed by atoms with Crippen LogP contribution in [0.4, 0.5) is 13.2 Å². The molecule has 6 nitrogen and oxygen atoms in total. The fourth-order valence-electron chi connectivity index (χ4n) is 2.70. The number of aromatic amines is 1. The van der Waals surface area contributed by atoms with Crippen molar-refractivity contribution in [3.05, 3.63) is 37.2 Å². The van der Waals surface area contributed by atoms with E-state index in [1.54, 1.807) is 0 Å². The average Bonchev–Trinajstić information content (AvgIpc) is 2.93. The summed E-state index contributed by atoms with van der Waals surface area (Å²) >= 11 is 2.98. The van der Waals surface area contributed by atoms with Gasteiger partial charge in [-0.05, 0) is 22.9 Å². The van der Waals surface area contributed by atoms with E-state index in [1.165, 1.54) is 6.92 Å². The third-order valence-electron chi connectivity index (χ3n) is 3.94. The molecular formula is C13H11BrF3N3O3. The fraction of sp³-hybridized carbons (Fsp3) is 0.462. The van der Waals surface area contributed by atoms with E-state index in [-0.39, 0.29) is 27.8 Å². The summed E-state index contributed by atoms with van der Waals surface area (Å²) in [6.45, 7) is 0.719. The van der Waals surface area contributed by atoms with Crippen molar-refractivity contribution in [1.82, 2.24) is 14.5 Å². The quantitative estimate of drug-likeness (QED) is 0.801. The Morgan fingerprint density at radius 2 is 2.13 bits per heavy atom. The van der Waals surface area contributed by atoms with E-state index >= 15 is 0 Å². The number of nitrogens with one attached hydrogen (secondary N) is 1. The molecule has 3 rings (SSSR count). The van der Waals surface area contributed by atoms with Crippen LogP contribution in [0.15, 0.2) is 20.3 Å². The zero-order valence-electron chi connectivity index (χ0n) is 11.8. The number of halogens is 4. The summed E-state index contributed by atoms with van der Waals surface area (Å²) in [6.07, 6.45) is -4.19. The van der Waals surface area contributed by atoms with Gasteiger partial charge in [0.15, 0.2) is 5.54 Å². The molecule has 1 aliphatic heterocycles. The lowest BCUT2D eigenvalue weighted by atomic mass is 9.97. The smallest absolute Gasteiger partial charge is 0.379 e. The highest BCUT2D eigenvalue weighted by molar-refractivity contribution is 9.10. The molecule has 0 bridgehead atoms. The number of fused-ring (bicyclic) bond motifs is 1. The van der Waals surface area contributed by atoms with Crippen LogP contribution in [0.3, 0.4) is 0 Å². The van der Waals surface area contributed by atoms with E-state index in [2.05, 4.69) is 25.9 Å². The second-order valence-corrected chi connectivity index (χ2v) is 6.16. The van der Waals surface area contributed by atoms with Crippen LogP contribution in [0.5, 0.6) is 0 Å². The maximum absolute atomic E-state index is 13.6. The number of aryl methyl sites for hydroxylation is 1. The summed E-state index contributed by atoms with van der Waals surface area (Å²) < 4.78 is 46.1. The Bertz CT molecular complexity index is 897. The molecular weight excluding hydrogens is 383 g/mol. The van der Waals surface area contributed by atoms with Gasteiger partial charge in [-0.1, -0.05) is 0 Å². The van der Waals surface area contributed by atoms with Crippen molar-refractivity contribution in [2.75, 3.05) is 13.2 Å². The molecule has 2 aromatic heterocycles. The van der Waals surface area contributed by atoms with Gasteiger partial charge in [0.2, 0.25) is 0 Å². The molecule has 0 spiro atoms. The van der Waals surface area contributed by atoms with E-state index in [0.717, 1.165) is 6.20 Å². The monoisotopic (exact) mass is 393 g/mol. The first kappa shape index (κ1) is 16.2. The molecule has 0 radical (unpaired) electrons. The summed E-state index contributed by atoms with van der Waals surface area (Å²) in [5.74, 6) is 0.259. The minimum Gasteiger partial charge on any atom is -0.379 e. The van der Waals surface area contributed by atoms with Crippen LogP contribution >= 0.6 is 15.9 Å². The molecule has 1 atom stereocenters. The molecule has 3 heterocycles. The highest BCUT2D eigenvalue weighted by atomic mass is 79.9. The Labute approximate surface area is 135 Å². The fourth-order valence-corrected chi connectivity index (χ4v) is 3.19. The predicted octanol–water partition coefficient (Wildman–Crippen LogP) is 1.83. The summed E-state index contributed by atoms with van der Waals surface area (Å²) in [5.41, 5.74) is -3.97. The normalized spacial score (nSPS) is 22.0. The predicted molar refractivity (Wildman–Crippen MR) is 78.5 cm³/mol. The van der Waals surface area contributed by atoms with Crippen LogP contribution in [0.2, 0.25) is 0 Å². The van der Waals surface area contributed by atoms with E-state index in [0.29, 0.717) is 4.57 Å². The number of aromatic nitrogens is 3. The van der Waals surface area contributed by atoms with Gasteiger partial charge in [0.05, 0.1) is 17.5 Å². The van der Waals surface area contributed by atoms with Gasteiger partial charge in [-0.2, -0.15) is 13.2 Å². The number of hydrogen-bond acceptors (Lipinski definition) is 4. The minimum absolute atomic E-state index is 0.0312. The van der Waals surface area contributed by atoms with Gasteiger partial charge < -0.3 is 9.72 Å². The van der Waals surface area contributed by atoms with Gasteiger partial charge in [0, 0.05) is 19.2 Å². The Balaban J connectivity index is 2.41. The Kier molecular flexibility index (Phi) is 3.64. The molecule has 0 saturated carbocycles. The van der Waals surface area contributed by atoms with E-state index < -0.39 is 35.9 Å². The summed E-state index contributed by atoms with van der Waals surface area (Å²) in [4.78, 5) is 30.9. The molecule has 1 saturated heterocycles. The molecule has 0 aliphatic carbocycles. The third-order valence-corrected chi connectivity index (χ3v) is 4.65. The number of alkyl halides is 3. The first-order valence-electron chi connectivity index (χ1n) is 6.64. The van der Waals surface area contributed by atoms with Gasteiger partial charge in [-0.25, -0.2) is 4.98 Å². The van der Waals surface area contributed by atoms with Crippen molar-refractivity contribution in [3.8, 4) is 0 Å². The van der Waals surface area contributed by atoms with Gasteiger partial charge in [0.25, 0.3) is 11.1 Å². The lowest BCUT2D eigenvalue weighted by molar-refractivity contribution is -0.214. The standard InChI is InChI=1S/C13H11BrF3N3O3/c1-6-18-9-7(10(21)19-6)4-20(11(22)8(9)14)12(13(15,16)17)2-3-23-5-12/h4H,2-3,5H2,1H3,(H,18,19,21). The maximum Gasteiger partial charge on any atom is 0.414 e. The Morgan fingerprint density at radius 3 is 2.70 bits per heavy atom. The number of nitrogens with zero attached hydrogens (tertiary/aromatic N) is 2. The van der Waals surface area contributed by atoms with E-state index in [4.69, 9.17) is 4.74 Å². The van der Waals surface area contributed by atoms with Crippen LogP contribution in [0.25, 0.3) is 10.9 Å². The van der Waals surface area contributed by atoms with E-state index in [1.807, 2.05) is 0 Å². The highest BCUT2D eigenvalue weighted by Crippen LogP contribution is 2.42. The van der Waals surface area contributed by atoms with Gasteiger partial charge >= 0.3 is 6.18 Å². The molecule has 0 amide bonds. The molecule has 0 aromatic carbocycles. The summed E-state index contributed by atoms with van der Waals surface area (Å²) in [6, 6.07) is 0. The van der Waals surface area contributed by atoms with Crippen molar-refractivity contribution in [3.63, 3.8) is 0 Å². The highest BCUT2D eigenvalue weighted by Gasteiger charge is 2.59. The Morgan fingerprint density at radius 1 is 1.43 bits per heavy atom. The molecule has 1 aliphatic rings.